The van der Waals surface area contributed by atoms with Crippen LogP contribution in [0.3, 0.4) is 0 Å². The number of hydrogen-bond donors (Lipinski definition) is 1. The molecule has 2 fully saturated rings. The average Bonchev–Trinajstić information content (AvgIpc) is 3.13. The van der Waals surface area contributed by atoms with E-state index >= 15 is 0 Å². The first-order valence-electron chi connectivity index (χ1n) is 9.01. The van der Waals surface area contributed by atoms with E-state index in [1.54, 1.807) is 6.26 Å². The molecule has 3 heterocycles. The Morgan fingerprint density at radius 1 is 1.25 bits per heavy atom. The molecule has 1 aromatic carbocycles. The van der Waals surface area contributed by atoms with Crippen LogP contribution in [0, 0.1) is 13.8 Å². The standard InChI is InChI=1S/C20H26N2O2/c1-12-4-7-18-14(11-24-20(18)13(12)2)8-19(23)22(3)17-9-15-5-6-16(10-17)21-15/h4,7,11,15-17,21H,5-6,8-10H2,1-3H3. The van der Waals surface area contributed by atoms with Crippen molar-refractivity contribution >= 4 is 16.9 Å². The molecule has 2 unspecified atom stereocenters. The highest BCUT2D eigenvalue weighted by atomic mass is 16.3. The van der Waals surface area contributed by atoms with Crippen molar-refractivity contribution in [2.24, 2.45) is 0 Å². The second-order valence-electron chi connectivity index (χ2n) is 7.59. The van der Waals surface area contributed by atoms with E-state index in [9.17, 15) is 4.79 Å². The molecule has 2 bridgehead atoms. The number of amides is 1. The molecule has 4 rings (SSSR count). The molecular formula is C20H26N2O2. The Hall–Kier alpha value is -1.81. The van der Waals surface area contributed by atoms with Crippen LogP contribution in [0.2, 0.25) is 0 Å². The first-order chi connectivity index (χ1) is 11.5. The van der Waals surface area contributed by atoms with Gasteiger partial charge in [0, 0.05) is 36.1 Å². The lowest BCUT2D eigenvalue weighted by molar-refractivity contribution is -0.131. The van der Waals surface area contributed by atoms with Gasteiger partial charge in [-0.1, -0.05) is 12.1 Å². The second kappa shape index (κ2) is 5.92. The highest BCUT2D eigenvalue weighted by molar-refractivity contribution is 5.89. The summed E-state index contributed by atoms with van der Waals surface area (Å²) in [6.45, 7) is 4.16. The zero-order valence-corrected chi connectivity index (χ0v) is 14.8. The van der Waals surface area contributed by atoms with Gasteiger partial charge in [-0.15, -0.1) is 0 Å². The monoisotopic (exact) mass is 326 g/mol. The molecule has 0 saturated carbocycles. The van der Waals surface area contributed by atoms with Crippen LogP contribution in [0.4, 0.5) is 0 Å². The van der Waals surface area contributed by atoms with E-state index in [1.807, 2.05) is 11.9 Å². The maximum atomic E-state index is 12.8. The zero-order chi connectivity index (χ0) is 16.8. The summed E-state index contributed by atoms with van der Waals surface area (Å²) in [5.41, 5.74) is 4.30. The summed E-state index contributed by atoms with van der Waals surface area (Å²) in [7, 11) is 1.97. The van der Waals surface area contributed by atoms with Crippen molar-refractivity contribution in [3.63, 3.8) is 0 Å². The number of hydrogen-bond acceptors (Lipinski definition) is 3. The SMILES string of the molecule is Cc1ccc2c(CC(=O)N(C)C3CC4CCC(C3)N4)coc2c1C. The molecule has 1 N–H and O–H groups in total. The summed E-state index contributed by atoms with van der Waals surface area (Å²) in [6.07, 6.45) is 6.87. The number of nitrogens with one attached hydrogen (secondary N) is 1. The molecule has 0 radical (unpaired) electrons. The molecule has 2 aliphatic heterocycles. The van der Waals surface area contributed by atoms with E-state index in [0.29, 0.717) is 24.5 Å². The van der Waals surface area contributed by atoms with E-state index in [0.717, 1.165) is 34.9 Å². The van der Waals surface area contributed by atoms with Gasteiger partial charge in [-0.05, 0) is 50.7 Å². The maximum absolute atomic E-state index is 12.8. The zero-order valence-electron chi connectivity index (χ0n) is 14.8. The minimum atomic E-state index is 0.197. The van der Waals surface area contributed by atoms with Crippen LogP contribution in [0.5, 0.6) is 0 Å². The molecule has 2 aliphatic rings. The van der Waals surface area contributed by atoms with E-state index in [4.69, 9.17) is 4.42 Å². The number of carbonyl (C=O) groups excluding carboxylic acids is 1. The Morgan fingerprint density at radius 3 is 2.67 bits per heavy atom. The van der Waals surface area contributed by atoms with Crippen LogP contribution < -0.4 is 5.32 Å². The fraction of sp³-hybridized carbons (Fsp3) is 0.550. The fourth-order valence-electron chi connectivity index (χ4n) is 4.36. The number of fused-ring (bicyclic) bond motifs is 3. The van der Waals surface area contributed by atoms with Gasteiger partial charge in [0.1, 0.15) is 5.58 Å². The fourth-order valence-corrected chi connectivity index (χ4v) is 4.36. The number of carbonyl (C=O) groups is 1. The van der Waals surface area contributed by atoms with Crippen molar-refractivity contribution in [2.45, 2.75) is 64.1 Å². The number of piperidine rings is 1. The molecule has 0 spiro atoms. The molecule has 2 atom stereocenters. The Kier molecular flexibility index (Phi) is 3.87. The van der Waals surface area contributed by atoms with E-state index in [-0.39, 0.29) is 5.91 Å². The smallest absolute Gasteiger partial charge is 0.227 e. The molecular weight excluding hydrogens is 300 g/mol. The van der Waals surface area contributed by atoms with Crippen LogP contribution >= 0.6 is 0 Å². The molecule has 24 heavy (non-hydrogen) atoms. The van der Waals surface area contributed by atoms with Gasteiger partial charge in [0.15, 0.2) is 0 Å². The third-order valence-electron chi connectivity index (χ3n) is 6.07. The largest absolute Gasteiger partial charge is 0.464 e. The van der Waals surface area contributed by atoms with Crippen LogP contribution in [0.25, 0.3) is 11.0 Å². The van der Waals surface area contributed by atoms with Crippen molar-refractivity contribution in [2.75, 3.05) is 7.05 Å². The first kappa shape index (κ1) is 15.7. The van der Waals surface area contributed by atoms with Gasteiger partial charge in [-0.25, -0.2) is 0 Å². The number of aryl methyl sites for hydroxylation is 2. The predicted octanol–water partition coefficient (Wildman–Crippen LogP) is 3.33. The van der Waals surface area contributed by atoms with Crippen LogP contribution in [0.15, 0.2) is 22.8 Å². The third kappa shape index (κ3) is 2.63. The Labute approximate surface area is 143 Å². The summed E-state index contributed by atoms with van der Waals surface area (Å²) in [6, 6.07) is 5.76. The molecule has 4 heteroatoms. The van der Waals surface area contributed by atoms with Crippen molar-refractivity contribution in [1.82, 2.24) is 10.2 Å². The Morgan fingerprint density at radius 2 is 1.96 bits per heavy atom. The van der Waals surface area contributed by atoms with Gasteiger partial charge in [-0.2, -0.15) is 0 Å². The number of rotatable bonds is 3. The summed E-state index contributed by atoms with van der Waals surface area (Å²) >= 11 is 0. The van der Waals surface area contributed by atoms with E-state index in [1.165, 1.54) is 18.4 Å². The van der Waals surface area contributed by atoms with Crippen molar-refractivity contribution in [3.05, 3.63) is 35.1 Å². The van der Waals surface area contributed by atoms with Crippen molar-refractivity contribution in [1.29, 1.82) is 0 Å². The third-order valence-corrected chi connectivity index (χ3v) is 6.07. The van der Waals surface area contributed by atoms with E-state index in [2.05, 4.69) is 31.3 Å². The lowest BCUT2D eigenvalue weighted by Gasteiger charge is -2.35. The minimum absolute atomic E-state index is 0.197. The van der Waals surface area contributed by atoms with Gasteiger partial charge < -0.3 is 14.6 Å². The van der Waals surface area contributed by atoms with Crippen LogP contribution in [0.1, 0.15) is 42.4 Å². The lowest BCUT2D eigenvalue weighted by atomic mass is 9.97. The highest BCUT2D eigenvalue weighted by Crippen LogP contribution is 2.30. The number of likely N-dealkylation sites (N-methyl/N-ethyl adjacent to an activating group) is 1. The van der Waals surface area contributed by atoms with Gasteiger partial charge in [0.25, 0.3) is 0 Å². The minimum Gasteiger partial charge on any atom is -0.464 e. The first-order valence-corrected chi connectivity index (χ1v) is 9.01. The molecule has 1 amide bonds. The predicted molar refractivity (Wildman–Crippen MR) is 95.1 cm³/mol. The summed E-state index contributed by atoms with van der Waals surface area (Å²) in [5, 5.41) is 4.72. The molecule has 2 aromatic rings. The van der Waals surface area contributed by atoms with Crippen molar-refractivity contribution < 1.29 is 9.21 Å². The Balaban J connectivity index is 1.51. The molecule has 0 aliphatic carbocycles. The van der Waals surface area contributed by atoms with Gasteiger partial charge in [0.2, 0.25) is 5.91 Å². The van der Waals surface area contributed by atoms with E-state index < -0.39 is 0 Å². The molecule has 2 saturated heterocycles. The Bertz CT molecular complexity index is 767. The second-order valence-corrected chi connectivity index (χ2v) is 7.59. The molecule has 4 nitrogen and oxygen atoms in total. The topological polar surface area (TPSA) is 45.5 Å². The van der Waals surface area contributed by atoms with Crippen molar-refractivity contribution in [3.8, 4) is 0 Å². The quantitative estimate of drug-likeness (QED) is 0.941. The molecule has 128 valence electrons. The van der Waals surface area contributed by atoms with Gasteiger partial charge in [-0.3, -0.25) is 4.79 Å². The maximum Gasteiger partial charge on any atom is 0.227 e. The number of benzene rings is 1. The number of furan rings is 1. The van der Waals surface area contributed by atoms with Crippen LogP contribution in [-0.2, 0) is 11.2 Å². The average molecular weight is 326 g/mol. The summed E-state index contributed by atoms with van der Waals surface area (Å²) in [5.74, 6) is 0.197. The summed E-state index contributed by atoms with van der Waals surface area (Å²) < 4.78 is 5.75. The molecule has 1 aromatic heterocycles. The highest BCUT2D eigenvalue weighted by Gasteiger charge is 2.36. The normalized spacial score (nSPS) is 26.0. The summed E-state index contributed by atoms with van der Waals surface area (Å²) in [4.78, 5) is 14.8. The lowest BCUT2D eigenvalue weighted by Crippen LogP contribution is -2.49. The van der Waals surface area contributed by atoms with Gasteiger partial charge in [0.05, 0.1) is 12.7 Å². The van der Waals surface area contributed by atoms with Gasteiger partial charge >= 0.3 is 0 Å². The number of nitrogens with zero attached hydrogens (tertiary/aromatic N) is 1. The van der Waals surface area contributed by atoms with Crippen LogP contribution in [-0.4, -0.2) is 36.0 Å².